The molecule has 3 rings (SSSR count). The number of halogens is 2. The molecule has 116 valence electrons. The third kappa shape index (κ3) is 3.72. The second-order valence-electron chi connectivity index (χ2n) is 5.30. The van der Waals surface area contributed by atoms with Gasteiger partial charge in [-0.05, 0) is 45.8 Å². The molecule has 1 aromatic carbocycles. The summed E-state index contributed by atoms with van der Waals surface area (Å²) in [6.07, 6.45) is 0. The molecule has 0 unspecified atom stereocenters. The fraction of sp³-hybridized carbons (Fsp3) is 0.312. The Morgan fingerprint density at radius 2 is 1.77 bits per heavy atom. The fourth-order valence-corrected chi connectivity index (χ4v) is 2.97. The maximum Gasteiger partial charge on any atom is 0.289 e. The molecule has 0 saturated carbocycles. The molecule has 1 fully saturated rings. The van der Waals surface area contributed by atoms with E-state index < -0.39 is 0 Å². The van der Waals surface area contributed by atoms with Gasteiger partial charge in [0.2, 0.25) is 0 Å². The molecule has 2 aromatic rings. The van der Waals surface area contributed by atoms with Gasteiger partial charge >= 0.3 is 0 Å². The number of nitrogens with zero attached hydrogens (tertiary/aromatic N) is 2. The predicted octanol–water partition coefficient (Wildman–Crippen LogP) is 3.65. The highest BCUT2D eigenvalue weighted by Gasteiger charge is 2.24. The Hall–Kier alpha value is -1.30. The molecule has 1 saturated heterocycles. The zero-order valence-corrected chi connectivity index (χ0v) is 14.3. The van der Waals surface area contributed by atoms with Crippen LogP contribution < -0.4 is 0 Å². The molecule has 2 heterocycles. The SMILES string of the molecule is O=C(c1ccc(Br)o1)N1CCN(Cc2ccc(Cl)cc2)CC1. The van der Waals surface area contributed by atoms with Crippen LogP contribution in [0.5, 0.6) is 0 Å². The molecular weight excluding hydrogens is 368 g/mol. The zero-order chi connectivity index (χ0) is 15.5. The Bertz CT molecular complexity index is 648. The van der Waals surface area contributed by atoms with E-state index in [1.54, 1.807) is 12.1 Å². The van der Waals surface area contributed by atoms with Crippen LogP contribution in [-0.4, -0.2) is 41.9 Å². The fourth-order valence-electron chi connectivity index (χ4n) is 2.54. The van der Waals surface area contributed by atoms with Crippen molar-refractivity contribution in [2.24, 2.45) is 0 Å². The molecule has 1 aromatic heterocycles. The van der Waals surface area contributed by atoms with E-state index in [-0.39, 0.29) is 5.91 Å². The van der Waals surface area contributed by atoms with E-state index in [1.165, 1.54) is 5.56 Å². The first-order valence-corrected chi connectivity index (χ1v) is 8.30. The van der Waals surface area contributed by atoms with Gasteiger partial charge in [-0.15, -0.1) is 0 Å². The summed E-state index contributed by atoms with van der Waals surface area (Å²) in [5, 5.41) is 0.753. The summed E-state index contributed by atoms with van der Waals surface area (Å²) in [4.78, 5) is 16.5. The molecule has 0 spiro atoms. The average molecular weight is 384 g/mol. The van der Waals surface area contributed by atoms with E-state index >= 15 is 0 Å². The lowest BCUT2D eigenvalue weighted by Crippen LogP contribution is -2.48. The summed E-state index contributed by atoms with van der Waals surface area (Å²) < 4.78 is 5.91. The van der Waals surface area contributed by atoms with E-state index in [2.05, 4.69) is 20.8 Å². The molecule has 4 nitrogen and oxygen atoms in total. The number of carbonyl (C=O) groups excluding carboxylic acids is 1. The number of rotatable bonds is 3. The Kier molecular flexibility index (Phi) is 4.86. The van der Waals surface area contributed by atoms with Gasteiger partial charge in [-0.1, -0.05) is 23.7 Å². The van der Waals surface area contributed by atoms with Gasteiger partial charge in [0.1, 0.15) is 0 Å². The topological polar surface area (TPSA) is 36.7 Å². The van der Waals surface area contributed by atoms with Crippen molar-refractivity contribution in [3.05, 3.63) is 57.4 Å². The van der Waals surface area contributed by atoms with Gasteiger partial charge in [0.25, 0.3) is 5.91 Å². The molecule has 0 radical (unpaired) electrons. The molecule has 1 amide bonds. The second kappa shape index (κ2) is 6.86. The summed E-state index contributed by atoms with van der Waals surface area (Å²) in [5.74, 6) is 0.342. The quantitative estimate of drug-likeness (QED) is 0.812. The van der Waals surface area contributed by atoms with Gasteiger partial charge in [0.15, 0.2) is 10.4 Å². The van der Waals surface area contributed by atoms with Crippen molar-refractivity contribution in [2.45, 2.75) is 6.54 Å². The highest BCUT2D eigenvalue weighted by atomic mass is 79.9. The van der Waals surface area contributed by atoms with Gasteiger partial charge in [-0.3, -0.25) is 9.69 Å². The third-order valence-electron chi connectivity index (χ3n) is 3.76. The Balaban J connectivity index is 1.54. The van der Waals surface area contributed by atoms with Crippen molar-refractivity contribution >= 4 is 33.4 Å². The Labute approximate surface area is 142 Å². The van der Waals surface area contributed by atoms with Crippen molar-refractivity contribution in [1.82, 2.24) is 9.80 Å². The van der Waals surface area contributed by atoms with Gasteiger partial charge in [-0.2, -0.15) is 0 Å². The Morgan fingerprint density at radius 3 is 2.36 bits per heavy atom. The van der Waals surface area contributed by atoms with Crippen molar-refractivity contribution < 1.29 is 9.21 Å². The van der Waals surface area contributed by atoms with Crippen LogP contribution >= 0.6 is 27.5 Å². The van der Waals surface area contributed by atoms with Crippen molar-refractivity contribution in [1.29, 1.82) is 0 Å². The number of furan rings is 1. The lowest BCUT2D eigenvalue weighted by Gasteiger charge is -2.34. The average Bonchev–Trinajstić information content (AvgIpc) is 2.96. The first-order chi connectivity index (χ1) is 10.6. The maximum atomic E-state index is 12.3. The maximum absolute atomic E-state index is 12.3. The highest BCUT2D eigenvalue weighted by molar-refractivity contribution is 9.10. The molecule has 0 bridgehead atoms. The van der Waals surface area contributed by atoms with Gasteiger partial charge in [0.05, 0.1) is 0 Å². The standard InChI is InChI=1S/C16H16BrClN2O2/c17-15-6-5-14(22-15)16(21)20-9-7-19(8-10-20)11-12-1-3-13(18)4-2-12/h1-6H,7-11H2. The van der Waals surface area contributed by atoms with Crippen LogP contribution in [0.15, 0.2) is 45.5 Å². The summed E-state index contributed by atoms with van der Waals surface area (Å²) in [6, 6.07) is 11.3. The monoisotopic (exact) mass is 382 g/mol. The minimum absolute atomic E-state index is 0.0446. The number of carbonyl (C=O) groups is 1. The van der Waals surface area contributed by atoms with E-state index in [9.17, 15) is 4.79 Å². The lowest BCUT2D eigenvalue weighted by atomic mass is 10.2. The first-order valence-electron chi connectivity index (χ1n) is 7.13. The van der Waals surface area contributed by atoms with Crippen LogP contribution in [0, 0.1) is 0 Å². The van der Waals surface area contributed by atoms with Gasteiger partial charge < -0.3 is 9.32 Å². The highest BCUT2D eigenvalue weighted by Crippen LogP contribution is 2.17. The third-order valence-corrected chi connectivity index (χ3v) is 4.44. The van der Waals surface area contributed by atoms with E-state index in [0.29, 0.717) is 23.5 Å². The number of hydrogen-bond acceptors (Lipinski definition) is 3. The summed E-state index contributed by atoms with van der Waals surface area (Å²) in [5.41, 5.74) is 1.24. The number of amides is 1. The van der Waals surface area contributed by atoms with Gasteiger partial charge in [0, 0.05) is 37.7 Å². The van der Waals surface area contributed by atoms with Crippen LogP contribution in [0.25, 0.3) is 0 Å². The van der Waals surface area contributed by atoms with Crippen molar-refractivity contribution in [3.8, 4) is 0 Å². The summed E-state index contributed by atoms with van der Waals surface area (Å²) >= 11 is 9.12. The molecule has 0 aliphatic carbocycles. The number of piperazine rings is 1. The minimum atomic E-state index is -0.0446. The molecule has 6 heteroatoms. The van der Waals surface area contributed by atoms with Crippen LogP contribution in [0.3, 0.4) is 0 Å². The molecule has 22 heavy (non-hydrogen) atoms. The first kappa shape index (κ1) is 15.6. The molecule has 0 N–H and O–H groups in total. The number of hydrogen-bond donors (Lipinski definition) is 0. The smallest absolute Gasteiger partial charge is 0.289 e. The zero-order valence-electron chi connectivity index (χ0n) is 12.0. The van der Waals surface area contributed by atoms with E-state index in [4.69, 9.17) is 16.0 Å². The second-order valence-corrected chi connectivity index (χ2v) is 6.52. The van der Waals surface area contributed by atoms with Crippen LogP contribution in [0.1, 0.15) is 16.1 Å². The van der Waals surface area contributed by atoms with Crippen molar-refractivity contribution in [2.75, 3.05) is 26.2 Å². The number of benzene rings is 1. The van der Waals surface area contributed by atoms with Crippen LogP contribution in [-0.2, 0) is 6.54 Å². The predicted molar refractivity (Wildman–Crippen MR) is 89.0 cm³/mol. The molecule has 1 aliphatic rings. The summed E-state index contributed by atoms with van der Waals surface area (Å²) in [7, 11) is 0. The van der Waals surface area contributed by atoms with Crippen molar-refractivity contribution in [3.63, 3.8) is 0 Å². The lowest BCUT2D eigenvalue weighted by molar-refractivity contribution is 0.0596. The van der Waals surface area contributed by atoms with E-state index in [0.717, 1.165) is 24.7 Å². The van der Waals surface area contributed by atoms with E-state index in [1.807, 2.05) is 29.2 Å². The molecule has 1 aliphatic heterocycles. The summed E-state index contributed by atoms with van der Waals surface area (Å²) in [6.45, 7) is 4.02. The van der Waals surface area contributed by atoms with Crippen LogP contribution in [0.2, 0.25) is 5.02 Å². The van der Waals surface area contributed by atoms with Crippen LogP contribution in [0.4, 0.5) is 0 Å². The largest absolute Gasteiger partial charge is 0.444 e. The van der Waals surface area contributed by atoms with Gasteiger partial charge in [-0.25, -0.2) is 0 Å². The Morgan fingerprint density at radius 1 is 1.09 bits per heavy atom. The normalized spacial score (nSPS) is 16.0. The molecule has 0 atom stereocenters. The minimum Gasteiger partial charge on any atom is -0.444 e. The molecular formula is C16H16BrClN2O2.